The summed E-state index contributed by atoms with van der Waals surface area (Å²) in [7, 11) is 3.42. The van der Waals surface area contributed by atoms with Gasteiger partial charge in [-0.25, -0.2) is 0 Å². The molecule has 0 aromatic rings. The maximum Gasteiger partial charge on any atom is -0.0291 e. The SMILES string of the molecule is CCC(C)C[PH]. The van der Waals surface area contributed by atoms with Gasteiger partial charge in [-0.1, -0.05) is 29.5 Å². The highest BCUT2D eigenvalue weighted by Gasteiger charge is 1.89. The Balaban J connectivity index is 2.75. The molecular weight excluding hydrogens is 91.0 g/mol. The van der Waals surface area contributed by atoms with Crippen LogP contribution < -0.4 is 0 Å². The number of hydrogen-bond donors (Lipinski definition) is 0. The summed E-state index contributed by atoms with van der Waals surface area (Å²) in [6.45, 7) is 4.43. The zero-order chi connectivity index (χ0) is 4.99. The van der Waals surface area contributed by atoms with Gasteiger partial charge in [0.15, 0.2) is 0 Å². The van der Waals surface area contributed by atoms with Crippen molar-refractivity contribution in [2.24, 2.45) is 5.92 Å². The highest BCUT2D eigenvalue weighted by Crippen LogP contribution is 2.02. The maximum absolute atomic E-state index is 3.42. The molecule has 0 heterocycles. The zero-order valence-electron chi connectivity index (χ0n) is 4.49. The molecule has 1 heteroatoms. The molecule has 37 valence electrons. The molecule has 0 N–H and O–H groups in total. The highest BCUT2D eigenvalue weighted by atomic mass is 31.0. The van der Waals surface area contributed by atoms with Gasteiger partial charge in [0.1, 0.15) is 0 Å². The van der Waals surface area contributed by atoms with E-state index in [0.717, 1.165) is 12.1 Å². The Labute approximate surface area is 42.5 Å². The zero-order valence-corrected chi connectivity index (χ0v) is 5.49. The monoisotopic (exact) mass is 103 g/mol. The lowest BCUT2D eigenvalue weighted by Gasteiger charge is -1.98. The molecule has 0 amide bonds. The van der Waals surface area contributed by atoms with Crippen LogP contribution in [0.4, 0.5) is 0 Å². The van der Waals surface area contributed by atoms with E-state index in [-0.39, 0.29) is 0 Å². The van der Waals surface area contributed by atoms with Gasteiger partial charge >= 0.3 is 0 Å². The third kappa shape index (κ3) is 2.66. The third-order valence-electron chi connectivity index (χ3n) is 1.05. The Morgan fingerprint density at radius 3 is 2.17 bits per heavy atom. The van der Waals surface area contributed by atoms with Crippen molar-refractivity contribution in [1.29, 1.82) is 0 Å². The fourth-order valence-corrected chi connectivity index (χ4v) is 0.433. The van der Waals surface area contributed by atoms with Crippen LogP contribution in [0.15, 0.2) is 0 Å². The first-order valence-corrected chi connectivity index (χ1v) is 3.16. The van der Waals surface area contributed by atoms with Gasteiger partial charge in [0.2, 0.25) is 0 Å². The van der Waals surface area contributed by atoms with E-state index in [0.29, 0.717) is 0 Å². The van der Waals surface area contributed by atoms with Crippen molar-refractivity contribution < 1.29 is 0 Å². The predicted molar refractivity (Wildman–Crippen MR) is 32.6 cm³/mol. The van der Waals surface area contributed by atoms with Crippen molar-refractivity contribution in [3.05, 3.63) is 0 Å². The van der Waals surface area contributed by atoms with Crippen LogP contribution in [0.25, 0.3) is 0 Å². The molecule has 0 fully saturated rings. The summed E-state index contributed by atoms with van der Waals surface area (Å²) in [6.07, 6.45) is 2.42. The van der Waals surface area contributed by atoms with E-state index in [1.807, 2.05) is 0 Å². The Morgan fingerprint density at radius 2 is 2.17 bits per heavy atom. The molecule has 0 saturated heterocycles. The quantitative estimate of drug-likeness (QED) is 0.470. The van der Waals surface area contributed by atoms with E-state index in [1.54, 1.807) is 0 Å². The average Bonchev–Trinajstić information content (AvgIpc) is 1.65. The van der Waals surface area contributed by atoms with E-state index in [4.69, 9.17) is 0 Å². The standard InChI is InChI=1S/C5H12P/c1-3-5(2)4-6/h5-6H,3-4H2,1-2H3. The lowest BCUT2D eigenvalue weighted by Crippen LogP contribution is -1.89. The fourth-order valence-electron chi connectivity index (χ4n) is 0.144. The van der Waals surface area contributed by atoms with E-state index < -0.39 is 0 Å². The largest absolute Gasteiger partial charge is 0.0990 e. The first-order valence-electron chi connectivity index (χ1n) is 2.45. The molecule has 1 unspecified atom stereocenters. The Kier molecular flexibility index (Phi) is 3.87. The van der Waals surface area contributed by atoms with E-state index in [2.05, 4.69) is 23.1 Å². The summed E-state index contributed by atoms with van der Waals surface area (Å²) in [5.74, 6) is 0.849. The average molecular weight is 103 g/mol. The first kappa shape index (κ1) is 6.43. The minimum Gasteiger partial charge on any atom is -0.0990 e. The van der Waals surface area contributed by atoms with Gasteiger partial charge < -0.3 is 0 Å². The van der Waals surface area contributed by atoms with E-state index in [1.165, 1.54) is 6.42 Å². The second-order valence-electron chi connectivity index (χ2n) is 1.72. The summed E-state index contributed by atoms with van der Waals surface area (Å²) >= 11 is 0. The van der Waals surface area contributed by atoms with Gasteiger partial charge in [-0.2, -0.15) is 0 Å². The van der Waals surface area contributed by atoms with Crippen molar-refractivity contribution in [2.75, 3.05) is 6.16 Å². The Morgan fingerprint density at radius 1 is 1.67 bits per heavy atom. The molecule has 0 spiro atoms. The van der Waals surface area contributed by atoms with E-state index in [9.17, 15) is 0 Å². The third-order valence-corrected chi connectivity index (χ3v) is 1.74. The van der Waals surface area contributed by atoms with Gasteiger partial charge in [0.25, 0.3) is 0 Å². The second kappa shape index (κ2) is 3.61. The molecule has 6 heavy (non-hydrogen) atoms. The highest BCUT2D eigenvalue weighted by molar-refractivity contribution is 7.16. The lowest BCUT2D eigenvalue weighted by atomic mass is 10.2. The van der Waals surface area contributed by atoms with Crippen molar-refractivity contribution >= 4 is 9.24 Å². The van der Waals surface area contributed by atoms with Gasteiger partial charge in [-0.3, -0.25) is 0 Å². The van der Waals surface area contributed by atoms with Gasteiger partial charge in [-0.15, -0.1) is 0 Å². The topological polar surface area (TPSA) is 0 Å². The van der Waals surface area contributed by atoms with Crippen LogP contribution in [-0.2, 0) is 0 Å². The van der Waals surface area contributed by atoms with E-state index >= 15 is 0 Å². The molecule has 0 aromatic heterocycles. The number of rotatable bonds is 2. The summed E-state index contributed by atoms with van der Waals surface area (Å²) in [5, 5.41) is 0. The maximum atomic E-state index is 3.42. The minimum atomic E-state index is 0.849. The van der Waals surface area contributed by atoms with Crippen LogP contribution in [-0.4, -0.2) is 6.16 Å². The Hall–Kier alpha value is 0.430. The number of hydrogen-bond acceptors (Lipinski definition) is 0. The molecule has 1 atom stereocenters. The molecule has 1 radical (unpaired) electrons. The van der Waals surface area contributed by atoms with Crippen molar-refractivity contribution in [1.82, 2.24) is 0 Å². The van der Waals surface area contributed by atoms with Crippen LogP contribution in [0.2, 0.25) is 0 Å². The molecule has 0 saturated carbocycles. The van der Waals surface area contributed by atoms with Gasteiger partial charge in [-0.05, 0) is 12.1 Å². The van der Waals surface area contributed by atoms with Crippen LogP contribution in [0, 0.1) is 5.92 Å². The Bertz CT molecular complexity index is 23.1. The molecular formula is C5H12P. The second-order valence-corrected chi connectivity index (χ2v) is 2.13. The minimum absolute atomic E-state index is 0.849. The molecule has 0 bridgehead atoms. The van der Waals surface area contributed by atoms with Crippen LogP contribution in [0.1, 0.15) is 20.3 Å². The summed E-state index contributed by atoms with van der Waals surface area (Å²) < 4.78 is 0. The molecule has 0 aliphatic heterocycles. The predicted octanol–water partition coefficient (Wildman–Crippen LogP) is 2.18. The molecule has 0 nitrogen and oxygen atoms in total. The lowest BCUT2D eigenvalue weighted by molar-refractivity contribution is 0.637. The fraction of sp³-hybridized carbons (Fsp3) is 1.00. The normalized spacial score (nSPS) is 14.5. The molecule has 0 rings (SSSR count). The van der Waals surface area contributed by atoms with Gasteiger partial charge in [0.05, 0.1) is 0 Å². The van der Waals surface area contributed by atoms with Gasteiger partial charge in [0, 0.05) is 0 Å². The first-order chi connectivity index (χ1) is 2.81. The summed E-state index contributed by atoms with van der Waals surface area (Å²) in [6, 6.07) is 0. The van der Waals surface area contributed by atoms with Crippen molar-refractivity contribution in [3.8, 4) is 0 Å². The van der Waals surface area contributed by atoms with Crippen molar-refractivity contribution in [3.63, 3.8) is 0 Å². The smallest absolute Gasteiger partial charge is 0.0291 e. The molecule has 0 aliphatic carbocycles. The van der Waals surface area contributed by atoms with Crippen LogP contribution in [0.3, 0.4) is 0 Å². The molecule has 0 aromatic carbocycles. The van der Waals surface area contributed by atoms with Crippen LogP contribution >= 0.6 is 9.24 Å². The summed E-state index contributed by atoms with van der Waals surface area (Å²) in [4.78, 5) is 0. The molecule has 0 aliphatic rings. The van der Waals surface area contributed by atoms with Crippen molar-refractivity contribution in [2.45, 2.75) is 20.3 Å². The summed E-state index contributed by atoms with van der Waals surface area (Å²) in [5.41, 5.74) is 0. The van der Waals surface area contributed by atoms with Crippen LogP contribution in [0.5, 0.6) is 0 Å².